The zero-order chi connectivity index (χ0) is 13.5. The van der Waals surface area contributed by atoms with Crippen LogP contribution in [0.5, 0.6) is 0 Å². The van der Waals surface area contributed by atoms with Gasteiger partial charge in [0.25, 0.3) is 0 Å². The number of hydrogen-bond acceptors (Lipinski definition) is 2. The highest BCUT2D eigenvalue weighted by atomic mass is 16.3. The Morgan fingerprint density at radius 1 is 1.05 bits per heavy atom. The molecule has 0 bridgehead atoms. The number of furan rings is 1. The van der Waals surface area contributed by atoms with Gasteiger partial charge in [-0.05, 0) is 37.1 Å². The van der Waals surface area contributed by atoms with Gasteiger partial charge in [0, 0.05) is 6.42 Å². The Morgan fingerprint density at radius 2 is 1.84 bits per heavy atom. The topological polar surface area (TPSA) is 25.2 Å². The normalized spacial score (nSPS) is 12.5. The lowest BCUT2D eigenvalue weighted by Gasteiger charge is -2.15. The van der Waals surface area contributed by atoms with E-state index < -0.39 is 0 Å². The van der Waals surface area contributed by atoms with E-state index in [1.54, 1.807) is 0 Å². The van der Waals surface area contributed by atoms with Crippen molar-refractivity contribution in [3.05, 3.63) is 59.5 Å². The van der Waals surface area contributed by atoms with Crippen LogP contribution in [0.1, 0.15) is 43.4 Å². The molecule has 0 aliphatic rings. The predicted octanol–water partition coefficient (Wildman–Crippen LogP) is 4.13. The third-order valence-electron chi connectivity index (χ3n) is 3.39. The van der Waals surface area contributed by atoms with E-state index in [0.29, 0.717) is 6.04 Å². The van der Waals surface area contributed by atoms with Crippen LogP contribution in [0.4, 0.5) is 0 Å². The highest BCUT2D eigenvalue weighted by Gasteiger charge is 2.14. The average molecular weight is 257 g/mol. The van der Waals surface area contributed by atoms with E-state index in [0.717, 1.165) is 37.3 Å². The Balaban J connectivity index is 1.99. The molecule has 2 heteroatoms. The predicted molar refractivity (Wildman–Crippen MR) is 79.3 cm³/mol. The van der Waals surface area contributed by atoms with Gasteiger partial charge in [-0.3, -0.25) is 0 Å². The third-order valence-corrected chi connectivity index (χ3v) is 3.39. The Bertz CT molecular complexity index is 475. The molecule has 1 atom stereocenters. The van der Waals surface area contributed by atoms with E-state index in [9.17, 15) is 0 Å². The van der Waals surface area contributed by atoms with E-state index in [4.69, 9.17) is 4.42 Å². The smallest absolute Gasteiger partial charge is 0.121 e. The van der Waals surface area contributed by atoms with Crippen molar-refractivity contribution in [3.63, 3.8) is 0 Å². The fourth-order valence-electron chi connectivity index (χ4n) is 2.32. The number of aryl methyl sites for hydroxylation is 2. The molecule has 2 aromatic rings. The van der Waals surface area contributed by atoms with Gasteiger partial charge in [0.1, 0.15) is 11.5 Å². The minimum Gasteiger partial charge on any atom is -0.464 e. The van der Waals surface area contributed by atoms with Crippen molar-refractivity contribution >= 4 is 0 Å². The minimum atomic E-state index is 0.311. The van der Waals surface area contributed by atoms with Gasteiger partial charge in [-0.1, -0.05) is 44.2 Å². The van der Waals surface area contributed by atoms with Crippen molar-refractivity contribution in [2.75, 3.05) is 6.54 Å². The summed E-state index contributed by atoms with van der Waals surface area (Å²) in [4.78, 5) is 0. The monoisotopic (exact) mass is 257 g/mol. The summed E-state index contributed by atoms with van der Waals surface area (Å²) in [5, 5.41) is 3.51. The van der Waals surface area contributed by atoms with Gasteiger partial charge in [0.05, 0.1) is 6.04 Å². The summed E-state index contributed by atoms with van der Waals surface area (Å²) in [7, 11) is 0. The van der Waals surface area contributed by atoms with Crippen molar-refractivity contribution in [2.24, 2.45) is 0 Å². The van der Waals surface area contributed by atoms with Crippen molar-refractivity contribution in [1.82, 2.24) is 5.32 Å². The molecule has 0 aliphatic heterocycles. The quantitative estimate of drug-likeness (QED) is 0.807. The van der Waals surface area contributed by atoms with E-state index in [-0.39, 0.29) is 0 Å². The molecule has 0 spiro atoms. The zero-order valence-electron chi connectivity index (χ0n) is 11.9. The van der Waals surface area contributed by atoms with Crippen molar-refractivity contribution in [3.8, 4) is 0 Å². The summed E-state index contributed by atoms with van der Waals surface area (Å²) in [6.07, 6.45) is 3.09. The van der Waals surface area contributed by atoms with Gasteiger partial charge in [-0.2, -0.15) is 0 Å². The molecule has 2 nitrogen and oxygen atoms in total. The Labute approximate surface area is 115 Å². The van der Waals surface area contributed by atoms with Crippen molar-refractivity contribution in [2.45, 2.75) is 39.2 Å². The fourth-order valence-corrected chi connectivity index (χ4v) is 2.32. The van der Waals surface area contributed by atoms with Crippen LogP contribution < -0.4 is 5.32 Å². The average Bonchev–Trinajstić information content (AvgIpc) is 2.93. The molecule has 19 heavy (non-hydrogen) atoms. The first-order chi connectivity index (χ1) is 9.33. The molecule has 1 N–H and O–H groups in total. The van der Waals surface area contributed by atoms with Gasteiger partial charge < -0.3 is 9.73 Å². The molecule has 1 aromatic heterocycles. The van der Waals surface area contributed by atoms with Crippen molar-refractivity contribution < 1.29 is 4.42 Å². The van der Waals surface area contributed by atoms with Gasteiger partial charge in [-0.25, -0.2) is 0 Å². The van der Waals surface area contributed by atoms with Crippen LogP contribution >= 0.6 is 0 Å². The number of nitrogens with one attached hydrogen (secondary N) is 1. The second-order valence-electron chi connectivity index (χ2n) is 4.79. The summed E-state index contributed by atoms with van der Waals surface area (Å²) < 4.78 is 5.87. The lowest BCUT2D eigenvalue weighted by Crippen LogP contribution is -2.21. The summed E-state index contributed by atoms with van der Waals surface area (Å²) in [5.74, 6) is 2.13. The number of benzene rings is 1. The highest BCUT2D eigenvalue weighted by molar-refractivity contribution is 5.16. The standard InChI is InChI=1S/C17H23NO/c1-3-15-11-13-17(19-15)16(18-4-2)12-10-14-8-6-5-7-9-14/h5-9,11,13,16,18H,3-4,10,12H2,1-2H3. The second-order valence-corrected chi connectivity index (χ2v) is 4.79. The first-order valence-corrected chi connectivity index (χ1v) is 7.19. The molecule has 102 valence electrons. The molecule has 0 amide bonds. The van der Waals surface area contributed by atoms with Crippen LogP contribution in [-0.2, 0) is 12.8 Å². The maximum Gasteiger partial charge on any atom is 0.121 e. The molecule has 0 saturated heterocycles. The Hall–Kier alpha value is -1.54. The first kappa shape index (κ1) is 13.9. The second kappa shape index (κ2) is 7.15. The lowest BCUT2D eigenvalue weighted by atomic mass is 10.0. The molecule has 0 radical (unpaired) electrons. The van der Waals surface area contributed by atoms with E-state index >= 15 is 0 Å². The molecule has 2 rings (SSSR count). The molecule has 1 heterocycles. The Kier molecular flexibility index (Phi) is 5.22. The molecule has 1 unspecified atom stereocenters. The van der Waals surface area contributed by atoms with E-state index in [1.807, 2.05) is 0 Å². The van der Waals surface area contributed by atoms with Crippen LogP contribution in [0, 0.1) is 0 Å². The van der Waals surface area contributed by atoms with E-state index in [2.05, 4.69) is 61.6 Å². The summed E-state index contributed by atoms with van der Waals surface area (Å²) in [6, 6.07) is 15.1. The van der Waals surface area contributed by atoms with Gasteiger partial charge in [0.15, 0.2) is 0 Å². The molecular weight excluding hydrogens is 234 g/mol. The van der Waals surface area contributed by atoms with E-state index in [1.165, 1.54) is 5.56 Å². The van der Waals surface area contributed by atoms with Gasteiger partial charge >= 0.3 is 0 Å². The highest BCUT2D eigenvalue weighted by Crippen LogP contribution is 2.22. The summed E-state index contributed by atoms with van der Waals surface area (Å²) in [5.41, 5.74) is 1.38. The first-order valence-electron chi connectivity index (χ1n) is 7.19. The largest absolute Gasteiger partial charge is 0.464 e. The maximum absolute atomic E-state index is 5.87. The maximum atomic E-state index is 5.87. The summed E-state index contributed by atoms with van der Waals surface area (Å²) in [6.45, 7) is 5.22. The molecule has 0 fully saturated rings. The van der Waals surface area contributed by atoms with Crippen molar-refractivity contribution in [1.29, 1.82) is 0 Å². The molecule has 0 aliphatic carbocycles. The van der Waals surface area contributed by atoms with Crippen LogP contribution in [0.25, 0.3) is 0 Å². The van der Waals surface area contributed by atoms with Crippen LogP contribution in [0.2, 0.25) is 0 Å². The molecular formula is C17H23NO. The van der Waals surface area contributed by atoms with Gasteiger partial charge in [0.2, 0.25) is 0 Å². The summed E-state index contributed by atoms with van der Waals surface area (Å²) >= 11 is 0. The zero-order valence-corrected chi connectivity index (χ0v) is 11.9. The van der Waals surface area contributed by atoms with Crippen LogP contribution in [0.3, 0.4) is 0 Å². The number of rotatable bonds is 7. The lowest BCUT2D eigenvalue weighted by molar-refractivity contribution is 0.384. The SMILES string of the molecule is CCNC(CCc1ccccc1)c1ccc(CC)o1. The minimum absolute atomic E-state index is 0.311. The van der Waals surface area contributed by atoms with Gasteiger partial charge in [-0.15, -0.1) is 0 Å². The Morgan fingerprint density at radius 3 is 2.47 bits per heavy atom. The molecule has 0 saturated carbocycles. The van der Waals surface area contributed by atoms with Crippen LogP contribution in [-0.4, -0.2) is 6.54 Å². The van der Waals surface area contributed by atoms with Crippen LogP contribution in [0.15, 0.2) is 46.9 Å². The molecule has 1 aromatic carbocycles. The third kappa shape index (κ3) is 3.97. The fraction of sp³-hybridized carbons (Fsp3) is 0.412. The number of hydrogen-bond donors (Lipinski definition) is 1.